The monoisotopic (exact) mass is 328 g/mol. The van der Waals surface area contributed by atoms with Crippen LogP contribution in [0.2, 0.25) is 0 Å². The van der Waals surface area contributed by atoms with Crippen LogP contribution in [0.4, 0.5) is 0 Å². The summed E-state index contributed by atoms with van der Waals surface area (Å²) in [4.78, 5) is 28.9. The second-order valence-corrected chi connectivity index (χ2v) is 6.81. The number of nitrogens with one attached hydrogen (secondary N) is 1. The summed E-state index contributed by atoms with van der Waals surface area (Å²) in [6.45, 7) is 3.41. The summed E-state index contributed by atoms with van der Waals surface area (Å²) in [5, 5.41) is 10.1. The maximum atomic E-state index is 12.8. The smallest absolute Gasteiger partial charge is 0.303 e. The number of carboxylic acid groups (broad SMARTS) is 1. The van der Waals surface area contributed by atoms with E-state index >= 15 is 0 Å². The number of hydrogen-bond donors (Lipinski definition) is 2. The summed E-state index contributed by atoms with van der Waals surface area (Å²) in [6, 6.07) is 7.96. The van der Waals surface area contributed by atoms with Gasteiger partial charge in [-0.25, -0.2) is 0 Å². The average Bonchev–Trinajstić information content (AvgIpc) is 2.97. The Morgan fingerprint density at radius 2 is 2.00 bits per heavy atom. The lowest BCUT2D eigenvalue weighted by molar-refractivity contribution is -0.141. The summed E-state index contributed by atoms with van der Waals surface area (Å²) < 4.78 is 0. The van der Waals surface area contributed by atoms with Crippen LogP contribution in [0.3, 0.4) is 0 Å². The molecule has 0 spiro atoms. The van der Waals surface area contributed by atoms with Crippen LogP contribution >= 0.6 is 0 Å². The van der Waals surface area contributed by atoms with E-state index in [-0.39, 0.29) is 18.2 Å². The topological polar surface area (TPSA) is 73.4 Å². The van der Waals surface area contributed by atoms with Gasteiger partial charge in [-0.05, 0) is 29.9 Å². The lowest BCUT2D eigenvalue weighted by Gasteiger charge is -2.37. The predicted octanol–water partition coefficient (Wildman–Crippen LogP) is 3.06. The molecule has 0 bridgehead atoms. The highest BCUT2D eigenvalue weighted by Gasteiger charge is 2.30. The largest absolute Gasteiger partial charge is 0.481 e. The van der Waals surface area contributed by atoms with Gasteiger partial charge in [0.1, 0.15) is 0 Å². The number of H-pyrrole nitrogens is 1. The number of aromatic nitrogens is 1. The van der Waals surface area contributed by atoms with Crippen molar-refractivity contribution < 1.29 is 14.7 Å². The fraction of sp³-hybridized carbons (Fsp3) is 0.474. The molecule has 24 heavy (non-hydrogen) atoms. The fourth-order valence-electron chi connectivity index (χ4n) is 3.77. The summed E-state index contributed by atoms with van der Waals surface area (Å²) in [5.41, 5.74) is 2.04. The molecule has 1 amide bonds. The Balaban J connectivity index is 1.72. The normalized spacial score (nSPS) is 21.1. The van der Waals surface area contributed by atoms with E-state index in [1.54, 1.807) is 0 Å². The molecule has 0 aliphatic carbocycles. The number of piperidine rings is 1. The number of fused-ring (bicyclic) bond motifs is 1. The standard InChI is InChI=1S/C19H24N2O3/c1-2-13-7-14(8-19(23)24)12-21(11-13)18(22)9-15-10-20-17-6-4-3-5-16(15)17/h3-6,10,13-14,20H,2,7-9,11-12H2,1H3,(H,23,24)/t13-,14+/m0/s1. The number of benzene rings is 1. The minimum Gasteiger partial charge on any atom is -0.481 e. The Bertz CT molecular complexity index is 737. The quantitative estimate of drug-likeness (QED) is 0.886. The summed E-state index contributed by atoms with van der Waals surface area (Å²) in [5.74, 6) is -0.225. The van der Waals surface area contributed by atoms with Crippen molar-refractivity contribution in [2.45, 2.75) is 32.6 Å². The molecular formula is C19H24N2O3. The lowest BCUT2D eigenvalue weighted by Crippen LogP contribution is -2.45. The Labute approximate surface area is 141 Å². The molecule has 1 aromatic carbocycles. The molecule has 0 saturated carbocycles. The van der Waals surface area contributed by atoms with Gasteiger partial charge in [0.2, 0.25) is 5.91 Å². The molecule has 5 nitrogen and oxygen atoms in total. The van der Waals surface area contributed by atoms with E-state index in [1.807, 2.05) is 35.4 Å². The van der Waals surface area contributed by atoms with Gasteiger partial charge in [0.25, 0.3) is 0 Å². The van der Waals surface area contributed by atoms with Gasteiger partial charge >= 0.3 is 5.97 Å². The first-order valence-corrected chi connectivity index (χ1v) is 8.61. The van der Waals surface area contributed by atoms with Gasteiger partial charge in [-0.3, -0.25) is 9.59 Å². The lowest BCUT2D eigenvalue weighted by atomic mass is 9.85. The van der Waals surface area contributed by atoms with E-state index in [1.165, 1.54) is 0 Å². The van der Waals surface area contributed by atoms with Crippen molar-refractivity contribution >= 4 is 22.8 Å². The number of rotatable bonds is 5. The van der Waals surface area contributed by atoms with Gasteiger partial charge in [-0.15, -0.1) is 0 Å². The molecule has 1 fully saturated rings. The molecule has 0 radical (unpaired) electrons. The molecule has 128 valence electrons. The molecule has 1 saturated heterocycles. The molecule has 2 heterocycles. The van der Waals surface area contributed by atoms with E-state index in [4.69, 9.17) is 5.11 Å². The zero-order chi connectivity index (χ0) is 17.1. The van der Waals surface area contributed by atoms with Gasteiger partial charge in [-0.1, -0.05) is 31.5 Å². The molecule has 0 unspecified atom stereocenters. The molecule has 1 aromatic heterocycles. The van der Waals surface area contributed by atoms with Crippen LogP contribution in [0.25, 0.3) is 10.9 Å². The number of aromatic amines is 1. The van der Waals surface area contributed by atoms with E-state index in [2.05, 4.69) is 11.9 Å². The van der Waals surface area contributed by atoms with Crippen molar-refractivity contribution in [3.05, 3.63) is 36.0 Å². The maximum absolute atomic E-state index is 12.8. The van der Waals surface area contributed by atoms with Crippen LogP contribution in [0.5, 0.6) is 0 Å². The minimum atomic E-state index is -0.777. The van der Waals surface area contributed by atoms with E-state index < -0.39 is 5.97 Å². The number of carboxylic acids is 1. The van der Waals surface area contributed by atoms with Crippen molar-refractivity contribution in [2.75, 3.05) is 13.1 Å². The Morgan fingerprint density at radius 1 is 1.25 bits per heavy atom. The Hall–Kier alpha value is -2.30. The number of nitrogens with zero attached hydrogens (tertiary/aromatic N) is 1. The van der Waals surface area contributed by atoms with Crippen LogP contribution in [-0.4, -0.2) is 40.0 Å². The first-order valence-electron chi connectivity index (χ1n) is 8.61. The first-order chi connectivity index (χ1) is 11.6. The van der Waals surface area contributed by atoms with Gasteiger partial charge in [0, 0.05) is 36.6 Å². The zero-order valence-electron chi connectivity index (χ0n) is 14.0. The van der Waals surface area contributed by atoms with Crippen LogP contribution in [-0.2, 0) is 16.0 Å². The predicted molar refractivity (Wildman–Crippen MR) is 92.7 cm³/mol. The number of hydrogen-bond acceptors (Lipinski definition) is 2. The highest BCUT2D eigenvalue weighted by molar-refractivity contribution is 5.89. The Kier molecular flexibility index (Phi) is 4.88. The van der Waals surface area contributed by atoms with Crippen LogP contribution in [0, 0.1) is 11.8 Å². The molecule has 1 aliphatic heterocycles. The number of aliphatic carboxylic acids is 1. The molecular weight excluding hydrogens is 304 g/mol. The average molecular weight is 328 g/mol. The minimum absolute atomic E-state index is 0.0631. The second-order valence-electron chi connectivity index (χ2n) is 6.81. The molecule has 3 rings (SSSR count). The van der Waals surface area contributed by atoms with E-state index in [9.17, 15) is 9.59 Å². The van der Waals surface area contributed by atoms with Gasteiger partial charge in [0.15, 0.2) is 0 Å². The molecule has 2 aromatic rings. The summed E-state index contributed by atoms with van der Waals surface area (Å²) >= 11 is 0. The zero-order valence-corrected chi connectivity index (χ0v) is 14.0. The van der Waals surface area contributed by atoms with Crippen molar-refractivity contribution in [3.63, 3.8) is 0 Å². The maximum Gasteiger partial charge on any atom is 0.303 e. The summed E-state index contributed by atoms with van der Waals surface area (Å²) in [7, 11) is 0. The fourth-order valence-corrected chi connectivity index (χ4v) is 3.77. The van der Waals surface area contributed by atoms with Crippen molar-refractivity contribution in [3.8, 4) is 0 Å². The van der Waals surface area contributed by atoms with Crippen LogP contribution in [0.1, 0.15) is 31.7 Å². The van der Waals surface area contributed by atoms with Crippen LogP contribution < -0.4 is 0 Å². The molecule has 1 aliphatic rings. The van der Waals surface area contributed by atoms with Crippen LogP contribution in [0.15, 0.2) is 30.5 Å². The molecule has 2 N–H and O–H groups in total. The first kappa shape index (κ1) is 16.6. The summed E-state index contributed by atoms with van der Waals surface area (Å²) in [6.07, 6.45) is 4.29. The van der Waals surface area contributed by atoms with Gasteiger partial charge in [-0.2, -0.15) is 0 Å². The third-order valence-corrected chi connectivity index (χ3v) is 5.03. The van der Waals surface area contributed by atoms with Crippen molar-refractivity contribution in [2.24, 2.45) is 11.8 Å². The van der Waals surface area contributed by atoms with Gasteiger partial charge in [0.05, 0.1) is 6.42 Å². The Morgan fingerprint density at radius 3 is 2.75 bits per heavy atom. The number of carbonyl (C=O) groups excluding carboxylic acids is 1. The number of carbonyl (C=O) groups is 2. The van der Waals surface area contributed by atoms with E-state index in [0.29, 0.717) is 18.9 Å². The molecule has 2 atom stereocenters. The van der Waals surface area contributed by atoms with E-state index in [0.717, 1.165) is 35.9 Å². The van der Waals surface area contributed by atoms with Crippen molar-refractivity contribution in [1.82, 2.24) is 9.88 Å². The molecule has 5 heteroatoms. The third kappa shape index (κ3) is 3.61. The highest BCUT2D eigenvalue weighted by atomic mass is 16.4. The highest BCUT2D eigenvalue weighted by Crippen LogP contribution is 2.27. The SMILES string of the molecule is CC[C@H]1C[C@H](CC(=O)O)CN(C(=O)Cc2c[nH]c3ccccc23)C1. The third-order valence-electron chi connectivity index (χ3n) is 5.03. The van der Waals surface area contributed by atoms with Crippen molar-refractivity contribution in [1.29, 1.82) is 0 Å². The number of amides is 1. The number of para-hydroxylation sites is 1. The second kappa shape index (κ2) is 7.07. The van der Waals surface area contributed by atoms with Gasteiger partial charge < -0.3 is 15.0 Å². The number of likely N-dealkylation sites (tertiary alicyclic amines) is 1.